The Balaban J connectivity index is 1.56. The first-order valence-corrected chi connectivity index (χ1v) is 9.42. The Labute approximate surface area is 159 Å². The molecule has 1 atom stereocenters. The summed E-state index contributed by atoms with van der Waals surface area (Å²) in [5, 5.41) is 8.88. The van der Waals surface area contributed by atoms with Crippen molar-refractivity contribution in [1.82, 2.24) is 10.4 Å². The number of hydroxylamine groups is 1. The van der Waals surface area contributed by atoms with Crippen molar-refractivity contribution in [2.75, 3.05) is 6.54 Å². The lowest BCUT2D eigenvalue weighted by Gasteiger charge is -2.33. The van der Waals surface area contributed by atoms with Crippen molar-refractivity contribution >= 4 is 11.8 Å². The molecular formula is C22H24N2O3. The highest BCUT2D eigenvalue weighted by Crippen LogP contribution is 2.44. The quantitative estimate of drug-likeness (QED) is 0.650. The minimum Gasteiger partial charge on any atom is -0.338 e. The number of carbonyl (C=O) groups is 2. The van der Waals surface area contributed by atoms with Crippen molar-refractivity contribution < 1.29 is 14.8 Å². The van der Waals surface area contributed by atoms with E-state index in [9.17, 15) is 9.59 Å². The number of likely N-dealkylation sites (tertiary alicyclic amines) is 1. The van der Waals surface area contributed by atoms with Gasteiger partial charge in [-0.2, -0.15) is 0 Å². The van der Waals surface area contributed by atoms with Crippen molar-refractivity contribution in [3.8, 4) is 0 Å². The van der Waals surface area contributed by atoms with Crippen LogP contribution in [0.1, 0.15) is 45.5 Å². The minimum atomic E-state index is -0.517. The molecule has 4 rings (SSSR count). The maximum Gasteiger partial charge on any atom is 0.274 e. The number of hydrogen-bond donors (Lipinski definition) is 2. The maximum atomic E-state index is 13.3. The maximum absolute atomic E-state index is 13.3. The van der Waals surface area contributed by atoms with Crippen LogP contribution in [0.2, 0.25) is 0 Å². The van der Waals surface area contributed by atoms with Crippen LogP contribution in [0.15, 0.2) is 42.5 Å². The van der Waals surface area contributed by atoms with Gasteiger partial charge in [-0.3, -0.25) is 14.8 Å². The molecule has 0 saturated carbocycles. The molecule has 1 aliphatic carbocycles. The topological polar surface area (TPSA) is 69.6 Å². The lowest BCUT2D eigenvalue weighted by Crippen LogP contribution is -2.38. The molecule has 0 radical (unpaired) electrons. The molecule has 5 heteroatoms. The zero-order valence-corrected chi connectivity index (χ0v) is 15.5. The molecule has 1 saturated heterocycles. The van der Waals surface area contributed by atoms with Crippen molar-refractivity contribution in [3.63, 3.8) is 0 Å². The third-order valence-electron chi connectivity index (χ3n) is 6.20. The minimum absolute atomic E-state index is 0.230. The van der Waals surface area contributed by atoms with E-state index in [1.807, 2.05) is 29.2 Å². The molecule has 2 aromatic carbocycles. The summed E-state index contributed by atoms with van der Waals surface area (Å²) in [6, 6.07) is 13.7. The van der Waals surface area contributed by atoms with Crippen LogP contribution in [0.25, 0.3) is 0 Å². The zero-order valence-electron chi connectivity index (χ0n) is 15.5. The predicted octanol–water partition coefficient (Wildman–Crippen LogP) is 3.02. The highest BCUT2D eigenvalue weighted by atomic mass is 16.5. The summed E-state index contributed by atoms with van der Waals surface area (Å²) in [4.78, 5) is 27.0. The number of benzene rings is 2. The average Bonchev–Trinajstić information content (AvgIpc) is 2.98. The van der Waals surface area contributed by atoms with Gasteiger partial charge in [-0.25, -0.2) is 5.48 Å². The van der Waals surface area contributed by atoms with Gasteiger partial charge < -0.3 is 4.90 Å². The van der Waals surface area contributed by atoms with Crippen LogP contribution in [0.5, 0.6) is 0 Å². The number of rotatable bonds is 3. The van der Waals surface area contributed by atoms with Crippen LogP contribution in [-0.4, -0.2) is 28.5 Å². The van der Waals surface area contributed by atoms with E-state index in [1.165, 1.54) is 16.7 Å². The Morgan fingerprint density at radius 2 is 2.00 bits per heavy atom. The van der Waals surface area contributed by atoms with Gasteiger partial charge >= 0.3 is 0 Å². The lowest BCUT2D eigenvalue weighted by atomic mass is 9.70. The van der Waals surface area contributed by atoms with E-state index in [-0.39, 0.29) is 11.3 Å². The molecule has 140 valence electrons. The molecule has 2 N–H and O–H groups in total. The molecule has 1 aliphatic heterocycles. The fraction of sp³-hybridized carbons (Fsp3) is 0.364. The summed E-state index contributed by atoms with van der Waals surface area (Å²) < 4.78 is 0. The number of nitrogens with one attached hydrogen (secondary N) is 1. The summed E-state index contributed by atoms with van der Waals surface area (Å²) in [5.41, 5.74) is 6.40. The molecule has 1 heterocycles. The fourth-order valence-corrected chi connectivity index (χ4v) is 4.50. The molecule has 0 unspecified atom stereocenters. The molecule has 5 nitrogen and oxygen atoms in total. The normalized spacial score (nSPS) is 21.4. The van der Waals surface area contributed by atoms with E-state index in [4.69, 9.17) is 5.21 Å². The molecule has 1 spiro atoms. The SMILES string of the molecule is Cc1ccccc1CN1CC[C@@]2(CCc3ccc(C(=O)NO)cc3C2)C1=O. The average molecular weight is 364 g/mol. The van der Waals surface area contributed by atoms with E-state index in [1.54, 1.807) is 11.5 Å². The van der Waals surface area contributed by atoms with Crippen LogP contribution in [0.3, 0.4) is 0 Å². The Hall–Kier alpha value is -2.66. The van der Waals surface area contributed by atoms with Gasteiger partial charge in [-0.1, -0.05) is 30.3 Å². The monoisotopic (exact) mass is 364 g/mol. The van der Waals surface area contributed by atoms with E-state index in [0.717, 1.165) is 31.4 Å². The summed E-state index contributed by atoms with van der Waals surface area (Å²) in [6.07, 6.45) is 3.22. The highest BCUT2D eigenvalue weighted by molar-refractivity contribution is 5.93. The number of nitrogens with zero attached hydrogens (tertiary/aromatic N) is 1. The van der Waals surface area contributed by atoms with Gasteiger partial charge in [-0.05, 0) is 67.0 Å². The number of aryl methyl sites for hydroxylation is 2. The molecule has 2 aromatic rings. The summed E-state index contributed by atoms with van der Waals surface area (Å²) >= 11 is 0. The third kappa shape index (κ3) is 3.12. The second-order valence-electron chi connectivity index (χ2n) is 7.78. The van der Waals surface area contributed by atoms with Crippen LogP contribution in [-0.2, 0) is 24.2 Å². The molecule has 2 amide bonds. The smallest absolute Gasteiger partial charge is 0.274 e. The van der Waals surface area contributed by atoms with E-state index < -0.39 is 5.91 Å². The largest absolute Gasteiger partial charge is 0.338 e. The lowest BCUT2D eigenvalue weighted by molar-refractivity contribution is -0.137. The predicted molar refractivity (Wildman–Crippen MR) is 101 cm³/mol. The van der Waals surface area contributed by atoms with Crippen LogP contribution in [0.4, 0.5) is 0 Å². The van der Waals surface area contributed by atoms with Crippen molar-refractivity contribution in [3.05, 3.63) is 70.3 Å². The van der Waals surface area contributed by atoms with Gasteiger partial charge in [0.05, 0.1) is 5.41 Å². The molecule has 2 aliphatic rings. The Bertz CT molecular complexity index is 908. The van der Waals surface area contributed by atoms with E-state index in [0.29, 0.717) is 18.5 Å². The number of amides is 2. The van der Waals surface area contributed by atoms with Crippen LogP contribution in [0, 0.1) is 12.3 Å². The molecule has 1 fully saturated rings. The first-order chi connectivity index (χ1) is 13.0. The number of hydrogen-bond acceptors (Lipinski definition) is 3. The first kappa shape index (κ1) is 17.7. The molecular weight excluding hydrogens is 340 g/mol. The van der Waals surface area contributed by atoms with Crippen LogP contribution < -0.4 is 5.48 Å². The van der Waals surface area contributed by atoms with Gasteiger partial charge in [0.1, 0.15) is 0 Å². The van der Waals surface area contributed by atoms with Gasteiger partial charge in [0.25, 0.3) is 5.91 Å². The van der Waals surface area contributed by atoms with Gasteiger partial charge in [0, 0.05) is 18.7 Å². The molecule has 0 bridgehead atoms. The van der Waals surface area contributed by atoms with Gasteiger partial charge in [-0.15, -0.1) is 0 Å². The van der Waals surface area contributed by atoms with E-state index >= 15 is 0 Å². The highest BCUT2D eigenvalue weighted by Gasteiger charge is 2.48. The zero-order chi connectivity index (χ0) is 19.0. The van der Waals surface area contributed by atoms with Crippen LogP contribution >= 0.6 is 0 Å². The Morgan fingerprint density at radius 1 is 1.19 bits per heavy atom. The summed E-state index contributed by atoms with van der Waals surface area (Å²) in [6.45, 7) is 3.52. The van der Waals surface area contributed by atoms with E-state index in [2.05, 4.69) is 19.1 Å². The van der Waals surface area contributed by atoms with Crippen molar-refractivity contribution in [2.45, 2.75) is 39.2 Å². The number of fused-ring (bicyclic) bond motifs is 1. The number of carbonyl (C=O) groups excluding carboxylic acids is 2. The third-order valence-corrected chi connectivity index (χ3v) is 6.20. The summed E-state index contributed by atoms with van der Waals surface area (Å²) in [5.74, 6) is -0.287. The van der Waals surface area contributed by atoms with Gasteiger partial charge in [0.2, 0.25) is 5.91 Å². The second kappa shape index (κ2) is 6.82. The Morgan fingerprint density at radius 3 is 2.78 bits per heavy atom. The fourth-order valence-electron chi connectivity index (χ4n) is 4.50. The molecule has 27 heavy (non-hydrogen) atoms. The second-order valence-corrected chi connectivity index (χ2v) is 7.78. The molecule has 0 aromatic heterocycles. The van der Waals surface area contributed by atoms with Crippen molar-refractivity contribution in [2.24, 2.45) is 5.41 Å². The standard InChI is InChI=1S/C22H24N2O3/c1-15-4-2-3-5-18(15)14-24-11-10-22(21(24)26)9-8-16-6-7-17(20(25)23-27)12-19(16)13-22/h2-7,12,27H,8-11,13-14H2,1H3,(H,23,25)/t22-/m1/s1. The van der Waals surface area contributed by atoms with Gasteiger partial charge in [0.15, 0.2) is 0 Å². The summed E-state index contributed by atoms with van der Waals surface area (Å²) in [7, 11) is 0. The Kier molecular flexibility index (Phi) is 4.48. The van der Waals surface area contributed by atoms with Crippen molar-refractivity contribution in [1.29, 1.82) is 0 Å². The first-order valence-electron chi connectivity index (χ1n) is 9.42.